The molecule has 3 rings (SSSR count). The van der Waals surface area contributed by atoms with E-state index in [1.54, 1.807) is 16.0 Å². The van der Waals surface area contributed by atoms with Gasteiger partial charge in [0.05, 0.1) is 5.41 Å². The molecule has 2 aliphatic rings. The summed E-state index contributed by atoms with van der Waals surface area (Å²) in [5, 5.41) is 0. The number of hydrogen-bond acceptors (Lipinski definition) is 5. The van der Waals surface area contributed by atoms with Crippen LogP contribution in [0, 0.1) is 0 Å². The van der Waals surface area contributed by atoms with Crippen molar-refractivity contribution in [1.82, 2.24) is 9.88 Å². The van der Waals surface area contributed by atoms with Crippen molar-refractivity contribution in [3.8, 4) is 0 Å². The lowest BCUT2D eigenvalue weighted by molar-refractivity contribution is -0.126. The van der Waals surface area contributed by atoms with Gasteiger partial charge in [-0.25, -0.2) is 9.78 Å². The smallest absolute Gasteiger partial charge is 0.410 e. The Morgan fingerprint density at radius 2 is 1.90 bits per heavy atom. The number of fused-ring (bicyclic) bond motifs is 2. The van der Waals surface area contributed by atoms with E-state index in [9.17, 15) is 9.59 Å². The van der Waals surface area contributed by atoms with Gasteiger partial charge in [0.15, 0.2) is 0 Å². The van der Waals surface area contributed by atoms with Gasteiger partial charge < -0.3 is 14.4 Å². The summed E-state index contributed by atoms with van der Waals surface area (Å²) in [4.78, 5) is 34.0. The molecule has 0 unspecified atom stereocenters. The molecule has 2 amide bonds. The molecule has 0 aliphatic carbocycles. The molecule has 0 saturated carbocycles. The minimum absolute atomic E-state index is 0.0185. The predicted molar refractivity (Wildman–Crippen MR) is 127 cm³/mol. The third kappa shape index (κ3) is 5.49. The van der Waals surface area contributed by atoms with Crippen molar-refractivity contribution >= 4 is 41.8 Å². The largest absolute Gasteiger partial charge is 0.444 e. The predicted octanol–water partition coefficient (Wildman–Crippen LogP) is 4.77. The van der Waals surface area contributed by atoms with E-state index in [2.05, 4.69) is 40.6 Å². The molecule has 0 N–H and O–H groups in total. The minimum atomic E-state index is -1.20. The fourth-order valence-electron chi connectivity index (χ4n) is 4.00. The first-order valence-corrected chi connectivity index (χ1v) is 15.4. The van der Waals surface area contributed by atoms with Crippen LogP contribution in [0.2, 0.25) is 25.7 Å². The monoisotopic (exact) mass is 511 g/mol. The summed E-state index contributed by atoms with van der Waals surface area (Å²) < 4.78 is 12.3. The number of pyridine rings is 1. The SMILES string of the molecule is CC(C)(C)OC(=O)N1CCC2(CC1)C(=O)N(COCC[Si](C)(C)C)c1ncc(Br)cc12. The molecule has 9 heteroatoms. The third-order valence-electron chi connectivity index (χ3n) is 5.74. The normalized spacial score (nSPS) is 18.5. The number of hydrogen-bond donors (Lipinski definition) is 0. The molecule has 2 aliphatic heterocycles. The van der Waals surface area contributed by atoms with Gasteiger partial charge in [0.1, 0.15) is 18.1 Å². The Kier molecular flexibility index (Phi) is 6.89. The second-order valence-electron chi connectivity index (χ2n) is 10.7. The zero-order valence-corrected chi connectivity index (χ0v) is 22.0. The summed E-state index contributed by atoms with van der Waals surface area (Å²) >= 11 is 3.51. The number of amides is 2. The van der Waals surface area contributed by atoms with Gasteiger partial charge in [0, 0.05) is 44.0 Å². The zero-order valence-electron chi connectivity index (χ0n) is 19.5. The average molecular weight is 513 g/mol. The van der Waals surface area contributed by atoms with Gasteiger partial charge in [-0.1, -0.05) is 19.6 Å². The van der Waals surface area contributed by atoms with Crippen LogP contribution in [-0.2, 0) is 19.7 Å². The van der Waals surface area contributed by atoms with Gasteiger partial charge in [-0.05, 0) is 61.7 Å². The molecular weight excluding hydrogens is 478 g/mol. The van der Waals surface area contributed by atoms with Gasteiger partial charge in [-0.3, -0.25) is 9.69 Å². The van der Waals surface area contributed by atoms with Crippen LogP contribution in [0.4, 0.5) is 10.6 Å². The van der Waals surface area contributed by atoms with E-state index < -0.39 is 19.1 Å². The van der Waals surface area contributed by atoms with Crippen LogP contribution in [0.15, 0.2) is 16.7 Å². The first-order chi connectivity index (χ1) is 14.3. The average Bonchev–Trinajstić information content (AvgIpc) is 2.86. The van der Waals surface area contributed by atoms with Crippen molar-refractivity contribution in [2.45, 2.75) is 70.3 Å². The van der Waals surface area contributed by atoms with Crippen LogP contribution in [0.3, 0.4) is 0 Å². The van der Waals surface area contributed by atoms with Crippen LogP contribution in [-0.4, -0.2) is 62.0 Å². The van der Waals surface area contributed by atoms with E-state index in [0.717, 1.165) is 16.1 Å². The van der Waals surface area contributed by atoms with E-state index in [0.29, 0.717) is 38.4 Å². The Morgan fingerprint density at radius 1 is 1.26 bits per heavy atom. The quantitative estimate of drug-likeness (QED) is 0.420. The minimum Gasteiger partial charge on any atom is -0.444 e. The topological polar surface area (TPSA) is 72.0 Å². The number of aromatic nitrogens is 1. The van der Waals surface area contributed by atoms with Crippen LogP contribution in [0.1, 0.15) is 39.2 Å². The summed E-state index contributed by atoms with van der Waals surface area (Å²) in [5.74, 6) is 0.692. The highest BCUT2D eigenvalue weighted by Gasteiger charge is 2.53. The van der Waals surface area contributed by atoms with Crippen molar-refractivity contribution in [2.75, 3.05) is 31.3 Å². The number of rotatable bonds is 5. The zero-order chi connectivity index (χ0) is 23.0. The second kappa shape index (κ2) is 8.82. The Morgan fingerprint density at radius 3 is 2.48 bits per heavy atom. The van der Waals surface area contributed by atoms with Crippen molar-refractivity contribution < 1.29 is 19.1 Å². The summed E-state index contributed by atoms with van der Waals surface area (Å²) in [6, 6.07) is 3.04. The van der Waals surface area contributed by atoms with Gasteiger partial charge in [-0.2, -0.15) is 0 Å². The summed E-state index contributed by atoms with van der Waals surface area (Å²) in [5.41, 5.74) is -0.294. The molecule has 0 atom stereocenters. The van der Waals surface area contributed by atoms with Crippen molar-refractivity contribution in [2.24, 2.45) is 0 Å². The first-order valence-electron chi connectivity index (χ1n) is 10.9. The van der Waals surface area contributed by atoms with Crippen LogP contribution < -0.4 is 4.90 Å². The second-order valence-corrected chi connectivity index (χ2v) is 17.2. The number of halogens is 1. The molecule has 1 fully saturated rings. The molecular formula is C22H34BrN3O4Si. The van der Waals surface area contributed by atoms with E-state index in [1.165, 1.54) is 0 Å². The van der Waals surface area contributed by atoms with E-state index >= 15 is 0 Å². The Balaban J connectivity index is 1.75. The maximum atomic E-state index is 13.6. The first kappa shape index (κ1) is 24.2. The highest BCUT2D eigenvalue weighted by atomic mass is 79.9. The Labute approximate surface area is 194 Å². The van der Waals surface area contributed by atoms with Gasteiger partial charge >= 0.3 is 6.09 Å². The van der Waals surface area contributed by atoms with Crippen molar-refractivity contribution in [1.29, 1.82) is 0 Å². The van der Waals surface area contributed by atoms with Crippen LogP contribution in [0.5, 0.6) is 0 Å². The summed E-state index contributed by atoms with van der Waals surface area (Å²) in [7, 11) is -1.20. The molecule has 1 aromatic heterocycles. The fourth-order valence-corrected chi connectivity index (χ4v) is 5.09. The lowest BCUT2D eigenvalue weighted by atomic mass is 9.74. The summed E-state index contributed by atoms with van der Waals surface area (Å²) in [6.45, 7) is 14.3. The van der Waals surface area contributed by atoms with Gasteiger partial charge in [0.25, 0.3) is 0 Å². The Hall–Kier alpha value is -1.45. The molecule has 7 nitrogen and oxygen atoms in total. The molecule has 0 radical (unpaired) electrons. The number of anilines is 1. The number of carbonyl (C=O) groups excluding carboxylic acids is 2. The number of carbonyl (C=O) groups is 2. The van der Waals surface area contributed by atoms with Crippen LogP contribution >= 0.6 is 15.9 Å². The number of piperidine rings is 1. The maximum absolute atomic E-state index is 13.6. The Bertz CT molecular complexity index is 842. The number of likely N-dealkylation sites (tertiary alicyclic amines) is 1. The molecule has 0 bridgehead atoms. The standard InChI is InChI=1S/C22H34BrN3O4Si/c1-21(2,3)30-20(28)25-9-7-22(8-10-25)17-13-16(23)14-24-18(17)26(19(22)27)15-29-11-12-31(4,5)6/h13-14H,7-12,15H2,1-6H3. The molecule has 1 spiro atoms. The van der Waals surface area contributed by atoms with Crippen molar-refractivity contribution in [3.63, 3.8) is 0 Å². The molecule has 172 valence electrons. The molecule has 31 heavy (non-hydrogen) atoms. The lowest BCUT2D eigenvalue weighted by Crippen LogP contribution is -2.51. The van der Waals surface area contributed by atoms with Crippen molar-refractivity contribution in [3.05, 3.63) is 22.3 Å². The molecule has 1 saturated heterocycles. The van der Waals surface area contributed by atoms with Gasteiger partial charge in [0.2, 0.25) is 5.91 Å². The van der Waals surface area contributed by atoms with Gasteiger partial charge in [-0.15, -0.1) is 0 Å². The maximum Gasteiger partial charge on any atom is 0.410 e. The molecule has 3 heterocycles. The molecule has 1 aromatic rings. The molecule has 0 aromatic carbocycles. The van der Waals surface area contributed by atoms with E-state index in [4.69, 9.17) is 9.47 Å². The number of nitrogens with zero attached hydrogens (tertiary/aromatic N) is 3. The highest BCUT2D eigenvalue weighted by molar-refractivity contribution is 9.10. The fraction of sp³-hybridized carbons (Fsp3) is 0.682. The third-order valence-corrected chi connectivity index (χ3v) is 7.88. The van der Waals surface area contributed by atoms with E-state index in [1.807, 2.05) is 26.8 Å². The van der Waals surface area contributed by atoms with E-state index in [-0.39, 0.29) is 18.7 Å². The van der Waals surface area contributed by atoms with Crippen LogP contribution in [0.25, 0.3) is 0 Å². The highest BCUT2D eigenvalue weighted by Crippen LogP contribution is 2.47. The number of ether oxygens (including phenoxy) is 2. The summed E-state index contributed by atoms with van der Waals surface area (Å²) in [6.07, 6.45) is 2.48. The lowest BCUT2D eigenvalue weighted by Gasteiger charge is -2.38.